The molecule has 3 rings (SSSR count). The Balaban J connectivity index is 1.64. The highest BCUT2D eigenvalue weighted by Crippen LogP contribution is 2.24. The van der Waals surface area contributed by atoms with Gasteiger partial charge in [-0.25, -0.2) is 0 Å². The Bertz CT molecular complexity index is 847. The molecular weight excluding hydrogens is 322 g/mol. The van der Waals surface area contributed by atoms with Crippen LogP contribution in [0.5, 0.6) is 5.75 Å². The highest BCUT2D eigenvalue weighted by atomic mass is 32.1. The van der Waals surface area contributed by atoms with Crippen molar-refractivity contribution in [2.75, 3.05) is 5.32 Å². The molecule has 0 spiro atoms. The highest BCUT2D eigenvalue weighted by Gasteiger charge is 2.11. The number of anilines is 1. The maximum absolute atomic E-state index is 12.2. The van der Waals surface area contributed by atoms with E-state index in [9.17, 15) is 4.79 Å². The van der Waals surface area contributed by atoms with Crippen LogP contribution in [0.3, 0.4) is 0 Å². The summed E-state index contributed by atoms with van der Waals surface area (Å²) in [5.41, 5.74) is 3.89. The van der Waals surface area contributed by atoms with E-state index >= 15 is 0 Å². The molecule has 0 aliphatic heterocycles. The van der Waals surface area contributed by atoms with E-state index in [1.165, 1.54) is 11.3 Å². The Hall–Kier alpha value is -2.60. The Kier molecular flexibility index (Phi) is 4.66. The van der Waals surface area contributed by atoms with Crippen molar-refractivity contribution in [3.63, 3.8) is 0 Å². The van der Waals surface area contributed by atoms with Crippen molar-refractivity contribution in [1.82, 2.24) is 9.78 Å². The van der Waals surface area contributed by atoms with Crippen LogP contribution in [0.4, 0.5) is 5.69 Å². The molecular formula is C18H19N3O2S. The molecule has 124 valence electrons. The Morgan fingerprint density at radius 1 is 1.33 bits per heavy atom. The number of benzene rings is 1. The molecule has 0 aliphatic carbocycles. The number of carbonyl (C=O) groups is 1. The predicted molar refractivity (Wildman–Crippen MR) is 95.7 cm³/mol. The van der Waals surface area contributed by atoms with Gasteiger partial charge in [-0.1, -0.05) is 18.2 Å². The number of hydrogen-bond donors (Lipinski definition) is 1. The molecule has 0 atom stereocenters. The molecule has 0 aliphatic rings. The number of amides is 1. The molecule has 6 heteroatoms. The number of nitrogens with zero attached hydrogens (tertiary/aromatic N) is 2. The summed E-state index contributed by atoms with van der Waals surface area (Å²) in [4.78, 5) is 12.9. The van der Waals surface area contributed by atoms with Gasteiger partial charge in [-0.3, -0.25) is 9.48 Å². The van der Waals surface area contributed by atoms with Crippen molar-refractivity contribution < 1.29 is 9.53 Å². The molecule has 0 fully saturated rings. The summed E-state index contributed by atoms with van der Waals surface area (Å²) >= 11 is 1.41. The standard InChI is InChI=1S/C18H19N3O2S/c1-12-5-4-6-13(2)17(12)23-10-14-7-16(24-11-14)18(22)20-15-8-19-21(3)9-15/h4-9,11H,10H2,1-3H3,(H,20,22). The molecule has 0 radical (unpaired) electrons. The molecule has 24 heavy (non-hydrogen) atoms. The smallest absolute Gasteiger partial charge is 0.265 e. The fourth-order valence-corrected chi connectivity index (χ4v) is 3.22. The van der Waals surface area contributed by atoms with Gasteiger partial charge >= 0.3 is 0 Å². The van der Waals surface area contributed by atoms with Gasteiger partial charge < -0.3 is 10.1 Å². The van der Waals surface area contributed by atoms with Gasteiger partial charge in [0.05, 0.1) is 16.8 Å². The summed E-state index contributed by atoms with van der Waals surface area (Å²) in [6, 6.07) is 7.94. The first-order valence-electron chi connectivity index (χ1n) is 7.59. The predicted octanol–water partition coefficient (Wildman–Crippen LogP) is 3.93. The van der Waals surface area contributed by atoms with Crippen LogP contribution in [0.25, 0.3) is 0 Å². The zero-order valence-electron chi connectivity index (χ0n) is 13.9. The number of ether oxygens (including phenoxy) is 1. The van der Waals surface area contributed by atoms with E-state index in [0.717, 1.165) is 22.4 Å². The lowest BCUT2D eigenvalue weighted by molar-refractivity contribution is 0.103. The monoisotopic (exact) mass is 341 g/mol. The Morgan fingerprint density at radius 2 is 2.08 bits per heavy atom. The summed E-state index contributed by atoms with van der Waals surface area (Å²) in [6.45, 7) is 4.51. The lowest BCUT2D eigenvalue weighted by Gasteiger charge is -2.10. The molecule has 0 saturated carbocycles. The minimum Gasteiger partial charge on any atom is -0.488 e. The van der Waals surface area contributed by atoms with Crippen molar-refractivity contribution >= 4 is 22.9 Å². The topological polar surface area (TPSA) is 56.1 Å². The zero-order valence-corrected chi connectivity index (χ0v) is 14.7. The number of aryl methyl sites for hydroxylation is 3. The Labute approximate surface area is 144 Å². The number of hydrogen-bond acceptors (Lipinski definition) is 4. The summed E-state index contributed by atoms with van der Waals surface area (Å²) in [7, 11) is 1.81. The van der Waals surface area contributed by atoms with Gasteiger partial charge in [0.25, 0.3) is 5.91 Å². The van der Waals surface area contributed by atoms with Gasteiger partial charge in [0.1, 0.15) is 12.4 Å². The van der Waals surface area contributed by atoms with Gasteiger partial charge in [-0.2, -0.15) is 5.10 Å². The molecule has 1 aromatic carbocycles. The van der Waals surface area contributed by atoms with Gasteiger partial charge in [0.15, 0.2) is 0 Å². The third kappa shape index (κ3) is 3.65. The van der Waals surface area contributed by atoms with E-state index in [1.54, 1.807) is 17.1 Å². The summed E-state index contributed by atoms with van der Waals surface area (Å²) in [6.07, 6.45) is 3.38. The van der Waals surface area contributed by atoms with Gasteiger partial charge in [0.2, 0.25) is 0 Å². The minimum atomic E-state index is -0.133. The third-order valence-corrected chi connectivity index (χ3v) is 4.61. The van der Waals surface area contributed by atoms with Crippen molar-refractivity contribution in [3.05, 3.63) is 63.6 Å². The van der Waals surface area contributed by atoms with E-state index in [4.69, 9.17) is 4.74 Å². The first-order chi connectivity index (χ1) is 11.5. The van der Waals surface area contributed by atoms with Crippen LogP contribution in [-0.2, 0) is 13.7 Å². The summed E-state index contributed by atoms with van der Waals surface area (Å²) in [5, 5.41) is 8.82. The molecule has 3 aromatic rings. The number of para-hydroxylation sites is 1. The Morgan fingerprint density at radius 3 is 2.75 bits per heavy atom. The van der Waals surface area contributed by atoms with E-state index < -0.39 is 0 Å². The first kappa shape index (κ1) is 16.3. The SMILES string of the molecule is Cc1cccc(C)c1OCc1csc(C(=O)Nc2cnn(C)c2)c1. The summed E-state index contributed by atoms with van der Waals surface area (Å²) < 4.78 is 7.58. The number of rotatable bonds is 5. The zero-order chi connectivity index (χ0) is 17.1. The van der Waals surface area contributed by atoms with Crippen LogP contribution in [0.1, 0.15) is 26.4 Å². The quantitative estimate of drug-likeness (QED) is 0.765. The van der Waals surface area contributed by atoms with Crippen molar-refractivity contribution in [2.45, 2.75) is 20.5 Å². The highest BCUT2D eigenvalue weighted by molar-refractivity contribution is 7.12. The number of carbonyl (C=O) groups excluding carboxylic acids is 1. The number of nitrogens with one attached hydrogen (secondary N) is 1. The fourth-order valence-electron chi connectivity index (χ4n) is 2.43. The van der Waals surface area contributed by atoms with Gasteiger partial charge in [0, 0.05) is 18.8 Å². The molecule has 2 aromatic heterocycles. The van der Waals surface area contributed by atoms with Crippen LogP contribution in [0, 0.1) is 13.8 Å². The normalized spacial score (nSPS) is 10.6. The van der Waals surface area contributed by atoms with E-state index in [0.29, 0.717) is 17.2 Å². The van der Waals surface area contributed by atoms with Gasteiger partial charge in [-0.15, -0.1) is 11.3 Å². The molecule has 2 heterocycles. The second kappa shape index (κ2) is 6.88. The lowest BCUT2D eigenvalue weighted by atomic mass is 10.1. The molecule has 0 unspecified atom stereocenters. The fraction of sp³-hybridized carbons (Fsp3) is 0.222. The van der Waals surface area contributed by atoms with E-state index in [2.05, 4.69) is 10.4 Å². The maximum atomic E-state index is 12.2. The molecule has 0 bridgehead atoms. The second-order valence-electron chi connectivity index (χ2n) is 5.69. The molecule has 1 amide bonds. The number of aromatic nitrogens is 2. The van der Waals surface area contributed by atoms with Crippen molar-refractivity contribution in [3.8, 4) is 5.75 Å². The third-order valence-electron chi connectivity index (χ3n) is 3.63. The summed E-state index contributed by atoms with van der Waals surface area (Å²) in [5.74, 6) is 0.774. The average molecular weight is 341 g/mol. The second-order valence-corrected chi connectivity index (χ2v) is 6.60. The van der Waals surface area contributed by atoms with Crippen LogP contribution in [0.15, 0.2) is 42.0 Å². The molecule has 5 nitrogen and oxygen atoms in total. The minimum absolute atomic E-state index is 0.133. The van der Waals surface area contributed by atoms with E-state index in [1.807, 2.05) is 50.5 Å². The van der Waals surface area contributed by atoms with Crippen molar-refractivity contribution in [2.24, 2.45) is 7.05 Å². The maximum Gasteiger partial charge on any atom is 0.265 e. The van der Waals surface area contributed by atoms with Crippen LogP contribution in [-0.4, -0.2) is 15.7 Å². The number of thiophene rings is 1. The molecule has 1 N–H and O–H groups in total. The van der Waals surface area contributed by atoms with Crippen LogP contribution >= 0.6 is 11.3 Å². The molecule has 0 saturated heterocycles. The van der Waals surface area contributed by atoms with Crippen molar-refractivity contribution in [1.29, 1.82) is 0 Å². The first-order valence-corrected chi connectivity index (χ1v) is 8.47. The average Bonchev–Trinajstić information content (AvgIpc) is 3.16. The van der Waals surface area contributed by atoms with E-state index in [-0.39, 0.29) is 5.91 Å². The largest absolute Gasteiger partial charge is 0.488 e. The van der Waals surface area contributed by atoms with Crippen LogP contribution < -0.4 is 10.1 Å². The van der Waals surface area contributed by atoms with Gasteiger partial charge in [-0.05, 0) is 36.4 Å². The lowest BCUT2D eigenvalue weighted by Crippen LogP contribution is -2.09. The van der Waals surface area contributed by atoms with Crippen LogP contribution in [0.2, 0.25) is 0 Å².